The lowest BCUT2D eigenvalue weighted by atomic mass is 10.1. The molecule has 1 saturated carbocycles. The molecule has 3 rings (SSSR count). The van der Waals surface area contributed by atoms with Crippen LogP contribution in [0.2, 0.25) is 0 Å². The number of rotatable bonds is 3. The van der Waals surface area contributed by atoms with E-state index < -0.39 is 0 Å². The summed E-state index contributed by atoms with van der Waals surface area (Å²) in [7, 11) is 0. The molecule has 1 aromatic rings. The molecule has 2 aliphatic rings. The van der Waals surface area contributed by atoms with Crippen molar-refractivity contribution < 1.29 is 0 Å². The molecule has 1 saturated heterocycles. The highest BCUT2D eigenvalue weighted by Crippen LogP contribution is 2.39. The third-order valence-corrected chi connectivity index (χ3v) is 4.18. The summed E-state index contributed by atoms with van der Waals surface area (Å²) in [6.45, 7) is 5.50. The third kappa shape index (κ3) is 2.53. The van der Waals surface area contributed by atoms with Crippen molar-refractivity contribution in [3.63, 3.8) is 0 Å². The van der Waals surface area contributed by atoms with Crippen molar-refractivity contribution in [3.05, 3.63) is 35.4 Å². The molecule has 0 amide bonds. The molecule has 1 aliphatic heterocycles. The lowest BCUT2D eigenvalue weighted by Gasteiger charge is -2.15. The largest absolute Gasteiger partial charge is 0.326 e. The van der Waals surface area contributed by atoms with Crippen LogP contribution in [0, 0.1) is 5.92 Å². The molecule has 0 bridgehead atoms. The van der Waals surface area contributed by atoms with Crippen LogP contribution in [-0.4, -0.2) is 24.0 Å². The molecule has 1 aromatic carbocycles. The van der Waals surface area contributed by atoms with E-state index in [1.165, 1.54) is 24.0 Å². The summed E-state index contributed by atoms with van der Waals surface area (Å²) in [5.41, 5.74) is 9.01. The number of benzene rings is 1. The van der Waals surface area contributed by atoms with E-state index in [1.54, 1.807) is 0 Å². The van der Waals surface area contributed by atoms with Crippen LogP contribution in [-0.2, 0) is 6.54 Å². The number of hydrogen-bond acceptors (Lipinski definition) is 2. The second-order valence-corrected chi connectivity index (χ2v) is 5.85. The Kier molecular flexibility index (Phi) is 2.93. The van der Waals surface area contributed by atoms with Crippen molar-refractivity contribution in [2.24, 2.45) is 11.7 Å². The Balaban J connectivity index is 1.61. The maximum Gasteiger partial charge on any atom is 0.0234 e. The molecule has 2 unspecified atom stereocenters. The van der Waals surface area contributed by atoms with Crippen LogP contribution in [0.4, 0.5) is 0 Å². The van der Waals surface area contributed by atoms with E-state index in [1.807, 2.05) is 0 Å². The highest BCUT2D eigenvalue weighted by Gasteiger charge is 2.26. The van der Waals surface area contributed by atoms with Gasteiger partial charge in [0.1, 0.15) is 0 Å². The van der Waals surface area contributed by atoms with Gasteiger partial charge in [-0.1, -0.05) is 31.2 Å². The van der Waals surface area contributed by atoms with E-state index in [-0.39, 0.29) is 0 Å². The normalized spacial score (nSPS) is 29.8. The first kappa shape index (κ1) is 11.2. The highest BCUT2D eigenvalue weighted by atomic mass is 15.2. The zero-order valence-corrected chi connectivity index (χ0v) is 10.6. The predicted octanol–water partition coefficient (Wildman–Crippen LogP) is 2.34. The van der Waals surface area contributed by atoms with Gasteiger partial charge in [0.25, 0.3) is 0 Å². The van der Waals surface area contributed by atoms with E-state index in [4.69, 9.17) is 5.73 Å². The monoisotopic (exact) mass is 230 g/mol. The molecular formula is C15H22N2. The fraction of sp³-hybridized carbons (Fsp3) is 0.600. The van der Waals surface area contributed by atoms with Crippen LogP contribution in [0.25, 0.3) is 0 Å². The average molecular weight is 230 g/mol. The van der Waals surface area contributed by atoms with Crippen molar-refractivity contribution in [2.75, 3.05) is 13.1 Å². The van der Waals surface area contributed by atoms with Gasteiger partial charge in [0.2, 0.25) is 0 Å². The summed E-state index contributed by atoms with van der Waals surface area (Å²) in [4.78, 5) is 2.47. The second-order valence-electron chi connectivity index (χ2n) is 5.85. The van der Waals surface area contributed by atoms with E-state index in [0.29, 0.717) is 12.0 Å². The Labute approximate surface area is 104 Å². The van der Waals surface area contributed by atoms with Crippen molar-refractivity contribution in [2.45, 2.75) is 38.3 Å². The molecule has 17 heavy (non-hydrogen) atoms. The van der Waals surface area contributed by atoms with Crippen molar-refractivity contribution in [3.8, 4) is 0 Å². The maximum absolute atomic E-state index is 6.05. The first-order chi connectivity index (χ1) is 8.22. The minimum absolute atomic E-state index is 0.362. The Bertz CT molecular complexity index is 370. The Morgan fingerprint density at radius 2 is 1.88 bits per heavy atom. The number of nitrogens with two attached hydrogens (primary N) is 1. The summed E-state index contributed by atoms with van der Waals surface area (Å²) in [5, 5.41) is 0. The van der Waals surface area contributed by atoms with Gasteiger partial charge < -0.3 is 5.73 Å². The molecule has 0 aromatic heterocycles. The van der Waals surface area contributed by atoms with E-state index >= 15 is 0 Å². The summed E-state index contributed by atoms with van der Waals surface area (Å²) in [6, 6.07) is 9.57. The lowest BCUT2D eigenvalue weighted by Crippen LogP contribution is -2.28. The maximum atomic E-state index is 6.05. The standard InChI is InChI=1S/C15H22N2/c1-11-8-17(10-15(11)16)9-12-2-4-13(5-3-12)14-6-7-14/h2-5,11,14-15H,6-10,16H2,1H3. The molecule has 0 spiro atoms. The summed E-state index contributed by atoms with van der Waals surface area (Å²) < 4.78 is 0. The molecule has 92 valence electrons. The first-order valence-electron chi connectivity index (χ1n) is 6.79. The van der Waals surface area contributed by atoms with Crippen LogP contribution < -0.4 is 5.73 Å². The van der Waals surface area contributed by atoms with Crippen LogP contribution in [0.1, 0.15) is 36.8 Å². The minimum Gasteiger partial charge on any atom is -0.326 e. The zero-order chi connectivity index (χ0) is 11.8. The van der Waals surface area contributed by atoms with E-state index in [0.717, 1.165) is 25.6 Å². The SMILES string of the molecule is CC1CN(Cc2ccc(C3CC3)cc2)CC1N. The van der Waals surface area contributed by atoms with Gasteiger partial charge in [0.05, 0.1) is 0 Å². The summed E-state index contributed by atoms with van der Waals surface area (Å²) in [6.07, 6.45) is 2.77. The Morgan fingerprint density at radius 3 is 2.41 bits per heavy atom. The third-order valence-electron chi connectivity index (χ3n) is 4.18. The topological polar surface area (TPSA) is 29.3 Å². The molecule has 2 nitrogen and oxygen atoms in total. The fourth-order valence-electron chi connectivity index (χ4n) is 2.79. The Hall–Kier alpha value is -0.860. The minimum atomic E-state index is 0.362. The quantitative estimate of drug-likeness (QED) is 0.863. The predicted molar refractivity (Wildman–Crippen MR) is 70.8 cm³/mol. The van der Waals surface area contributed by atoms with Gasteiger partial charge in [-0.2, -0.15) is 0 Å². The van der Waals surface area contributed by atoms with Crippen molar-refractivity contribution in [1.29, 1.82) is 0 Å². The van der Waals surface area contributed by atoms with E-state index in [2.05, 4.69) is 36.1 Å². The molecule has 2 N–H and O–H groups in total. The number of nitrogens with zero attached hydrogens (tertiary/aromatic N) is 1. The molecule has 2 atom stereocenters. The smallest absolute Gasteiger partial charge is 0.0234 e. The van der Waals surface area contributed by atoms with Crippen LogP contribution >= 0.6 is 0 Å². The second kappa shape index (κ2) is 4.43. The number of hydrogen-bond donors (Lipinski definition) is 1. The van der Waals surface area contributed by atoms with Gasteiger partial charge in [-0.15, -0.1) is 0 Å². The van der Waals surface area contributed by atoms with Crippen LogP contribution in [0.3, 0.4) is 0 Å². The van der Waals surface area contributed by atoms with Crippen LogP contribution in [0.5, 0.6) is 0 Å². The summed E-state index contributed by atoms with van der Waals surface area (Å²) >= 11 is 0. The zero-order valence-electron chi connectivity index (χ0n) is 10.6. The highest BCUT2D eigenvalue weighted by molar-refractivity contribution is 5.28. The van der Waals surface area contributed by atoms with Gasteiger partial charge in [0, 0.05) is 25.7 Å². The number of likely N-dealkylation sites (tertiary alicyclic amines) is 1. The van der Waals surface area contributed by atoms with Gasteiger partial charge in [-0.05, 0) is 35.8 Å². The van der Waals surface area contributed by atoms with Gasteiger partial charge >= 0.3 is 0 Å². The van der Waals surface area contributed by atoms with Gasteiger partial charge in [0.15, 0.2) is 0 Å². The molecule has 1 heterocycles. The fourth-order valence-corrected chi connectivity index (χ4v) is 2.79. The average Bonchev–Trinajstić information content (AvgIpc) is 3.09. The molecule has 1 aliphatic carbocycles. The molecule has 2 fully saturated rings. The molecule has 0 radical (unpaired) electrons. The molecular weight excluding hydrogens is 208 g/mol. The summed E-state index contributed by atoms with van der Waals surface area (Å²) in [5.74, 6) is 1.50. The lowest BCUT2D eigenvalue weighted by molar-refractivity contribution is 0.319. The van der Waals surface area contributed by atoms with Gasteiger partial charge in [-0.3, -0.25) is 4.90 Å². The van der Waals surface area contributed by atoms with Gasteiger partial charge in [-0.25, -0.2) is 0 Å². The Morgan fingerprint density at radius 1 is 1.18 bits per heavy atom. The van der Waals surface area contributed by atoms with Crippen LogP contribution in [0.15, 0.2) is 24.3 Å². The molecule has 2 heteroatoms. The van der Waals surface area contributed by atoms with Crippen molar-refractivity contribution in [1.82, 2.24) is 4.90 Å². The van der Waals surface area contributed by atoms with Crippen molar-refractivity contribution >= 4 is 0 Å². The first-order valence-corrected chi connectivity index (χ1v) is 6.79. The van der Waals surface area contributed by atoms with E-state index in [9.17, 15) is 0 Å².